The fraction of sp³-hybridized carbons (Fsp3) is 0.105. The van der Waals surface area contributed by atoms with Crippen molar-refractivity contribution in [1.82, 2.24) is 25.1 Å². The summed E-state index contributed by atoms with van der Waals surface area (Å²) in [5.41, 5.74) is 16.5. The molecule has 4 rings (SSSR count). The molecule has 0 unspecified atom stereocenters. The number of hydrogen-bond acceptors (Lipinski definition) is 6. The average Bonchev–Trinajstić information content (AvgIpc) is 3.11. The number of rotatable bonds is 3. The molecule has 0 aliphatic heterocycles. The highest BCUT2D eigenvalue weighted by atomic mass is 16.1. The molecule has 3 aromatic heterocycles. The third-order valence-electron chi connectivity index (χ3n) is 4.40. The van der Waals surface area contributed by atoms with Crippen LogP contribution in [0.15, 0.2) is 36.7 Å². The number of hydrogen-bond donors (Lipinski definition) is 3. The number of aromatic amines is 1. The molecule has 0 saturated heterocycles. The summed E-state index contributed by atoms with van der Waals surface area (Å²) in [6, 6.07) is 7.49. The largest absolute Gasteiger partial charge is 0.395 e. The molecule has 27 heavy (non-hydrogen) atoms. The molecule has 0 bridgehead atoms. The molecule has 4 aromatic rings. The first-order valence-electron chi connectivity index (χ1n) is 8.29. The summed E-state index contributed by atoms with van der Waals surface area (Å²) in [6.07, 6.45) is 3.37. The number of aryl methyl sites for hydroxylation is 2. The maximum atomic E-state index is 12.0. The molecule has 0 atom stereocenters. The number of anilines is 1. The van der Waals surface area contributed by atoms with E-state index in [0.717, 1.165) is 33.3 Å². The Morgan fingerprint density at radius 1 is 1.15 bits per heavy atom. The highest BCUT2D eigenvalue weighted by molar-refractivity contribution is 6.04. The van der Waals surface area contributed by atoms with Gasteiger partial charge >= 0.3 is 0 Å². The Bertz CT molecular complexity index is 1200. The first kappa shape index (κ1) is 16.6. The number of nitrogen functional groups attached to an aromatic ring is 1. The quantitative estimate of drug-likeness (QED) is 0.514. The van der Waals surface area contributed by atoms with E-state index in [1.807, 2.05) is 32.0 Å². The molecular formula is C19H17N7O. The lowest BCUT2D eigenvalue weighted by molar-refractivity contribution is 0.0996. The number of benzene rings is 1. The monoisotopic (exact) mass is 359 g/mol. The smallest absolute Gasteiger partial charge is 0.269 e. The van der Waals surface area contributed by atoms with Crippen molar-refractivity contribution in [3.8, 4) is 22.6 Å². The first-order chi connectivity index (χ1) is 13.0. The molecule has 3 heterocycles. The zero-order chi connectivity index (χ0) is 19.1. The van der Waals surface area contributed by atoms with E-state index in [1.165, 1.54) is 0 Å². The van der Waals surface area contributed by atoms with E-state index < -0.39 is 5.91 Å². The van der Waals surface area contributed by atoms with E-state index in [9.17, 15) is 4.79 Å². The first-order valence-corrected chi connectivity index (χ1v) is 8.29. The molecule has 134 valence electrons. The lowest BCUT2D eigenvalue weighted by Gasteiger charge is -2.13. The molecule has 0 saturated carbocycles. The third-order valence-corrected chi connectivity index (χ3v) is 4.40. The maximum Gasteiger partial charge on any atom is 0.269 e. The zero-order valence-electron chi connectivity index (χ0n) is 14.8. The summed E-state index contributed by atoms with van der Waals surface area (Å²) >= 11 is 0. The van der Waals surface area contributed by atoms with Crippen LogP contribution in [0.25, 0.3) is 33.5 Å². The SMILES string of the molecule is Cc1cc(-c2nc(C(N)=O)c(N)c(-c3c(C)ccc4[nH]ncc34)n2)ccn1. The van der Waals surface area contributed by atoms with Crippen LogP contribution in [-0.2, 0) is 0 Å². The number of H-pyrrole nitrogens is 1. The van der Waals surface area contributed by atoms with E-state index in [1.54, 1.807) is 18.5 Å². The molecule has 1 aromatic carbocycles. The Kier molecular flexibility index (Phi) is 3.80. The number of pyridine rings is 1. The minimum absolute atomic E-state index is 0.00985. The van der Waals surface area contributed by atoms with Gasteiger partial charge in [-0.15, -0.1) is 0 Å². The fourth-order valence-corrected chi connectivity index (χ4v) is 3.10. The molecule has 8 heteroatoms. The van der Waals surface area contributed by atoms with Crippen molar-refractivity contribution in [3.63, 3.8) is 0 Å². The number of carbonyl (C=O) groups is 1. The summed E-state index contributed by atoms with van der Waals surface area (Å²) in [6.45, 7) is 3.82. The summed E-state index contributed by atoms with van der Waals surface area (Å²) in [4.78, 5) is 25.1. The molecule has 1 amide bonds. The molecule has 0 spiro atoms. The van der Waals surface area contributed by atoms with Gasteiger partial charge in [0.25, 0.3) is 5.91 Å². The molecule has 0 aliphatic rings. The number of nitrogens with one attached hydrogen (secondary N) is 1. The van der Waals surface area contributed by atoms with Crippen molar-refractivity contribution < 1.29 is 4.79 Å². The number of nitrogens with zero attached hydrogens (tertiary/aromatic N) is 4. The van der Waals surface area contributed by atoms with Gasteiger partial charge in [0.05, 0.1) is 23.1 Å². The molecule has 5 N–H and O–H groups in total. The lowest BCUT2D eigenvalue weighted by Crippen LogP contribution is -2.18. The Morgan fingerprint density at radius 2 is 1.96 bits per heavy atom. The van der Waals surface area contributed by atoms with Gasteiger partial charge in [-0.3, -0.25) is 14.9 Å². The van der Waals surface area contributed by atoms with Crippen molar-refractivity contribution in [2.24, 2.45) is 5.73 Å². The van der Waals surface area contributed by atoms with Gasteiger partial charge < -0.3 is 11.5 Å². The third kappa shape index (κ3) is 2.77. The predicted octanol–water partition coefficient (Wildman–Crippen LogP) is 2.38. The number of aromatic nitrogens is 5. The fourth-order valence-electron chi connectivity index (χ4n) is 3.10. The van der Waals surface area contributed by atoms with E-state index >= 15 is 0 Å². The Balaban J connectivity index is 2.07. The highest BCUT2D eigenvalue weighted by Gasteiger charge is 2.21. The molecule has 8 nitrogen and oxygen atoms in total. The van der Waals surface area contributed by atoms with Gasteiger partial charge in [-0.2, -0.15) is 5.10 Å². The van der Waals surface area contributed by atoms with Gasteiger partial charge in [0.15, 0.2) is 11.5 Å². The van der Waals surface area contributed by atoms with Crippen molar-refractivity contribution in [3.05, 3.63) is 53.6 Å². The van der Waals surface area contributed by atoms with Crippen molar-refractivity contribution in [1.29, 1.82) is 0 Å². The molecule has 0 fully saturated rings. The van der Waals surface area contributed by atoms with Crippen LogP contribution in [0, 0.1) is 13.8 Å². The van der Waals surface area contributed by atoms with Crippen LogP contribution < -0.4 is 11.5 Å². The van der Waals surface area contributed by atoms with Crippen LogP contribution in [0.4, 0.5) is 5.69 Å². The van der Waals surface area contributed by atoms with Crippen LogP contribution in [0.1, 0.15) is 21.7 Å². The topological polar surface area (TPSA) is 136 Å². The van der Waals surface area contributed by atoms with E-state index in [4.69, 9.17) is 11.5 Å². The van der Waals surface area contributed by atoms with E-state index in [2.05, 4.69) is 25.1 Å². The second kappa shape index (κ2) is 6.17. The second-order valence-corrected chi connectivity index (χ2v) is 6.30. The van der Waals surface area contributed by atoms with Crippen molar-refractivity contribution in [2.45, 2.75) is 13.8 Å². The predicted molar refractivity (Wildman–Crippen MR) is 103 cm³/mol. The zero-order valence-corrected chi connectivity index (χ0v) is 14.8. The van der Waals surface area contributed by atoms with Gasteiger partial charge in [-0.1, -0.05) is 6.07 Å². The summed E-state index contributed by atoms with van der Waals surface area (Å²) in [5.74, 6) is -0.349. The van der Waals surface area contributed by atoms with Gasteiger partial charge in [0.1, 0.15) is 0 Å². The Hall–Kier alpha value is -3.81. The summed E-state index contributed by atoms with van der Waals surface area (Å²) in [5, 5.41) is 7.89. The molecule has 0 aliphatic carbocycles. The average molecular weight is 359 g/mol. The molecule has 0 radical (unpaired) electrons. The van der Waals surface area contributed by atoms with Crippen LogP contribution in [0.5, 0.6) is 0 Å². The van der Waals surface area contributed by atoms with Gasteiger partial charge in [0, 0.05) is 28.4 Å². The second-order valence-electron chi connectivity index (χ2n) is 6.30. The maximum absolute atomic E-state index is 12.0. The standard InChI is InChI=1S/C19H17N7O/c1-9-3-4-13-12(8-23-26-13)14(9)16-15(20)17(18(21)27)25-19(24-16)11-5-6-22-10(2)7-11/h3-8H,20H2,1-2H3,(H2,21,27)(H,23,26). The highest BCUT2D eigenvalue weighted by Crippen LogP contribution is 2.35. The number of fused-ring (bicyclic) bond motifs is 1. The van der Waals surface area contributed by atoms with Crippen LogP contribution >= 0.6 is 0 Å². The van der Waals surface area contributed by atoms with Gasteiger partial charge in [-0.25, -0.2) is 9.97 Å². The lowest BCUT2D eigenvalue weighted by atomic mass is 9.99. The number of nitrogens with two attached hydrogens (primary N) is 2. The Morgan fingerprint density at radius 3 is 2.70 bits per heavy atom. The van der Waals surface area contributed by atoms with E-state index in [-0.39, 0.29) is 11.4 Å². The number of primary amides is 1. The summed E-state index contributed by atoms with van der Waals surface area (Å²) in [7, 11) is 0. The minimum atomic E-state index is -0.708. The number of carbonyl (C=O) groups excluding carboxylic acids is 1. The summed E-state index contributed by atoms with van der Waals surface area (Å²) < 4.78 is 0. The van der Waals surface area contributed by atoms with Gasteiger partial charge in [-0.05, 0) is 37.6 Å². The Labute approximate surface area is 154 Å². The van der Waals surface area contributed by atoms with Crippen molar-refractivity contribution >= 4 is 22.5 Å². The van der Waals surface area contributed by atoms with Crippen molar-refractivity contribution in [2.75, 3.05) is 5.73 Å². The normalized spacial score (nSPS) is 11.0. The number of amides is 1. The molecular weight excluding hydrogens is 342 g/mol. The van der Waals surface area contributed by atoms with E-state index in [0.29, 0.717) is 11.5 Å². The van der Waals surface area contributed by atoms with Crippen LogP contribution in [-0.4, -0.2) is 31.1 Å². The van der Waals surface area contributed by atoms with Gasteiger partial charge in [0.2, 0.25) is 0 Å². The van der Waals surface area contributed by atoms with Crippen LogP contribution in [0.2, 0.25) is 0 Å². The minimum Gasteiger partial charge on any atom is -0.395 e. The van der Waals surface area contributed by atoms with Crippen LogP contribution in [0.3, 0.4) is 0 Å².